The number of benzene rings is 2. The second-order valence-corrected chi connectivity index (χ2v) is 7.45. The van der Waals surface area contributed by atoms with Crippen LogP contribution in [-0.4, -0.2) is 31.2 Å². The Morgan fingerprint density at radius 2 is 1.93 bits per heavy atom. The lowest BCUT2D eigenvalue weighted by molar-refractivity contribution is -0.121. The van der Waals surface area contributed by atoms with Crippen LogP contribution in [0.3, 0.4) is 0 Å². The number of rotatable bonds is 6. The zero-order chi connectivity index (χ0) is 20.6. The number of carbonyl (C=O) groups excluding carboxylic acids is 1. The molecule has 1 aliphatic carbocycles. The summed E-state index contributed by atoms with van der Waals surface area (Å²) in [5, 5.41) is 19.8. The molecule has 0 spiro atoms. The van der Waals surface area contributed by atoms with Crippen molar-refractivity contribution in [3.05, 3.63) is 66.6 Å². The monoisotopic (exact) mass is 398 g/mol. The van der Waals surface area contributed by atoms with Crippen LogP contribution in [-0.2, 0) is 17.8 Å². The van der Waals surface area contributed by atoms with Crippen LogP contribution in [0.15, 0.2) is 59.3 Å². The highest BCUT2D eigenvalue weighted by molar-refractivity contribution is 5.82. The molecule has 2 heterocycles. The van der Waals surface area contributed by atoms with E-state index < -0.39 is 5.54 Å². The van der Waals surface area contributed by atoms with Crippen LogP contribution in [0.4, 0.5) is 0 Å². The molecule has 0 unspecified atom stereocenters. The van der Waals surface area contributed by atoms with Crippen molar-refractivity contribution in [2.75, 3.05) is 0 Å². The number of nitrogens with one attached hydrogen (secondary N) is 1. The van der Waals surface area contributed by atoms with E-state index in [-0.39, 0.29) is 18.2 Å². The Morgan fingerprint density at radius 3 is 2.70 bits per heavy atom. The third kappa shape index (κ3) is 3.53. The standard InChI is InChI=1S/C22H18N6O2/c23-13-22(8-9-22)25-19(29)11-20-26-27-21(30-20)12-28-14-24-17-10-16(6-7-18(17)28)15-4-2-1-3-5-15/h1-7,10,14H,8-9,11-12H2,(H,25,29). The van der Waals surface area contributed by atoms with Gasteiger partial charge in [-0.15, -0.1) is 10.2 Å². The third-order valence-corrected chi connectivity index (χ3v) is 5.20. The zero-order valence-corrected chi connectivity index (χ0v) is 16.1. The van der Waals surface area contributed by atoms with Crippen LogP contribution in [0, 0.1) is 11.3 Å². The number of fused-ring (bicyclic) bond motifs is 1. The molecule has 1 fully saturated rings. The summed E-state index contributed by atoms with van der Waals surface area (Å²) in [4.78, 5) is 16.6. The van der Waals surface area contributed by atoms with Crippen molar-refractivity contribution in [1.29, 1.82) is 5.26 Å². The summed E-state index contributed by atoms with van der Waals surface area (Å²) < 4.78 is 7.55. The first-order valence-electron chi connectivity index (χ1n) is 9.68. The Kier molecular flexibility index (Phi) is 4.29. The predicted octanol–water partition coefficient (Wildman–Crippen LogP) is 2.85. The molecule has 0 atom stereocenters. The molecular formula is C22H18N6O2. The van der Waals surface area contributed by atoms with Crippen molar-refractivity contribution < 1.29 is 9.21 Å². The Balaban J connectivity index is 1.29. The summed E-state index contributed by atoms with van der Waals surface area (Å²) in [6, 6.07) is 18.4. The Morgan fingerprint density at radius 1 is 1.13 bits per heavy atom. The topological polar surface area (TPSA) is 110 Å². The minimum atomic E-state index is -0.700. The van der Waals surface area contributed by atoms with E-state index >= 15 is 0 Å². The largest absolute Gasteiger partial charge is 0.423 e. The van der Waals surface area contributed by atoms with E-state index in [9.17, 15) is 4.79 Å². The van der Waals surface area contributed by atoms with Gasteiger partial charge in [-0.1, -0.05) is 36.4 Å². The van der Waals surface area contributed by atoms with Gasteiger partial charge in [0.2, 0.25) is 17.7 Å². The molecule has 0 aliphatic heterocycles. The lowest BCUT2D eigenvalue weighted by atomic mass is 10.1. The molecule has 0 bridgehead atoms. The van der Waals surface area contributed by atoms with Crippen molar-refractivity contribution in [1.82, 2.24) is 25.1 Å². The minimum absolute atomic E-state index is 0.0401. The Hall–Kier alpha value is -3.99. The highest BCUT2D eigenvalue weighted by Gasteiger charge is 2.44. The summed E-state index contributed by atoms with van der Waals surface area (Å²) >= 11 is 0. The minimum Gasteiger partial charge on any atom is -0.423 e. The molecule has 1 aliphatic rings. The van der Waals surface area contributed by atoms with E-state index in [2.05, 4.69) is 44.8 Å². The second-order valence-electron chi connectivity index (χ2n) is 7.45. The van der Waals surface area contributed by atoms with E-state index in [1.165, 1.54) is 0 Å². The van der Waals surface area contributed by atoms with Crippen LogP contribution in [0.5, 0.6) is 0 Å². The summed E-state index contributed by atoms with van der Waals surface area (Å²) in [7, 11) is 0. The van der Waals surface area contributed by atoms with Crippen LogP contribution in [0.1, 0.15) is 24.6 Å². The van der Waals surface area contributed by atoms with Gasteiger partial charge in [0, 0.05) is 0 Å². The fourth-order valence-electron chi connectivity index (χ4n) is 3.41. The van der Waals surface area contributed by atoms with E-state index in [4.69, 9.17) is 9.68 Å². The van der Waals surface area contributed by atoms with Crippen molar-refractivity contribution >= 4 is 16.9 Å². The lowest BCUT2D eigenvalue weighted by Crippen LogP contribution is -2.36. The summed E-state index contributed by atoms with van der Waals surface area (Å²) in [6.45, 7) is 0.359. The van der Waals surface area contributed by atoms with Gasteiger partial charge in [-0.05, 0) is 36.1 Å². The van der Waals surface area contributed by atoms with Crippen LogP contribution < -0.4 is 5.32 Å². The molecule has 30 heavy (non-hydrogen) atoms. The van der Waals surface area contributed by atoms with Crippen molar-refractivity contribution in [3.8, 4) is 17.2 Å². The van der Waals surface area contributed by atoms with Crippen LogP contribution >= 0.6 is 0 Å². The molecule has 1 N–H and O–H groups in total. The van der Waals surface area contributed by atoms with Crippen molar-refractivity contribution in [2.45, 2.75) is 31.3 Å². The fourth-order valence-corrected chi connectivity index (χ4v) is 3.41. The number of nitrogens with zero attached hydrogens (tertiary/aromatic N) is 5. The van der Waals surface area contributed by atoms with Gasteiger partial charge in [-0.2, -0.15) is 5.26 Å². The molecule has 0 radical (unpaired) electrons. The van der Waals surface area contributed by atoms with Crippen LogP contribution in [0.25, 0.3) is 22.2 Å². The van der Waals surface area contributed by atoms with Crippen LogP contribution in [0.2, 0.25) is 0 Å². The molecule has 4 aromatic rings. The lowest BCUT2D eigenvalue weighted by Gasteiger charge is -2.06. The molecule has 8 nitrogen and oxygen atoms in total. The van der Waals surface area contributed by atoms with Gasteiger partial charge in [-0.25, -0.2) is 4.98 Å². The third-order valence-electron chi connectivity index (χ3n) is 5.20. The Labute approximate surface area is 172 Å². The smallest absolute Gasteiger partial charge is 0.236 e. The molecule has 8 heteroatoms. The van der Waals surface area contributed by atoms with Gasteiger partial charge in [0.1, 0.15) is 18.5 Å². The average molecular weight is 398 g/mol. The fraction of sp³-hybridized carbons (Fsp3) is 0.227. The summed E-state index contributed by atoms with van der Waals surface area (Å²) in [5.74, 6) is 0.337. The van der Waals surface area contributed by atoms with Gasteiger partial charge in [0.25, 0.3) is 0 Å². The van der Waals surface area contributed by atoms with Gasteiger partial charge in [0.05, 0.1) is 23.4 Å². The molecule has 1 saturated carbocycles. The molecular weight excluding hydrogens is 380 g/mol. The SMILES string of the molecule is N#CC1(NC(=O)Cc2nnc(Cn3cnc4cc(-c5ccccc5)ccc43)o2)CC1. The predicted molar refractivity (Wildman–Crippen MR) is 108 cm³/mol. The van der Waals surface area contributed by atoms with Gasteiger partial charge >= 0.3 is 0 Å². The average Bonchev–Trinajstić information content (AvgIpc) is 3.22. The molecule has 0 saturated heterocycles. The first-order valence-corrected chi connectivity index (χ1v) is 9.68. The van der Waals surface area contributed by atoms with Gasteiger partial charge in [0.15, 0.2) is 0 Å². The molecule has 2 aromatic carbocycles. The number of nitriles is 1. The molecule has 5 rings (SSSR count). The first-order chi connectivity index (χ1) is 14.6. The second kappa shape index (κ2) is 7.12. The number of aromatic nitrogens is 4. The highest BCUT2D eigenvalue weighted by atomic mass is 16.4. The van der Waals surface area contributed by atoms with E-state index in [1.54, 1.807) is 6.33 Å². The molecule has 148 valence electrons. The summed E-state index contributed by atoms with van der Waals surface area (Å²) in [5.41, 5.74) is 3.37. The van der Waals surface area contributed by atoms with Gasteiger partial charge < -0.3 is 14.3 Å². The summed E-state index contributed by atoms with van der Waals surface area (Å²) in [6.07, 6.45) is 3.06. The highest BCUT2D eigenvalue weighted by Crippen LogP contribution is 2.34. The number of amides is 1. The van der Waals surface area contributed by atoms with E-state index in [1.807, 2.05) is 34.9 Å². The number of carbonyl (C=O) groups is 1. The quantitative estimate of drug-likeness (QED) is 0.535. The Bertz CT molecular complexity index is 1260. The zero-order valence-electron chi connectivity index (χ0n) is 16.1. The van der Waals surface area contributed by atoms with E-state index in [0.29, 0.717) is 25.3 Å². The van der Waals surface area contributed by atoms with E-state index in [0.717, 1.165) is 22.2 Å². The molecule has 2 aromatic heterocycles. The maximum atomic E-state index is 12.1. The number of hydrogen-bond donors (Lipinski definition) is 1. The number of imidazole rings is 1. The molecule has 1 amide bonds. The normalized spacial score (nSPS) is 14.4. The first kappa shape index (κ1) is 18.1. The maximum Gasteiger partial charge on any atom is 0.236 e. The van der Waals surface area contributed by atoms with Crippen molar-refractivity contribution in [2.24, 2.45) is 0 Å². The van der Waals surface area contributed by atoms with Crippen molar-refractivity contribution in [3.63, 3.8) is 0 Å². The maximum absolute atomic E-state index is 12.1. The van der Waals surface area contributed by atoms with Gasteiger partial charge in [-0.3, -0.25) is 4.79 Å². The number of hydrogen-bond acceptors (Lipinski definition) is 6.